The summed E-state index contributed by atoms with van der Waals surface area (Å²) < 4.78 is 42.8. The van der Waals surface area contributed by atoms with Crippen LogP contribution in [0.1, 0.15) is 13.3 Å². The highest BCUT2D eigenvalue weighted by atomic mass is 32.2. The number of anilines is 1. The Kier molecular flexibility index (Phi) is 5.91. The fraction of sp³-hybridized carbons (Fsp3) is 0.667. The molecule has 0 radical (unpaired) electrons. The van der Waals surface area contributed by atoms with Crippen LogP contribution < -0.4 is 5.32 Å². The molecule has 0 saturated carbocycles. The number of hydrogen-bond donors (Lipinski definition) is 2. The molecule has 2 atom stereocenters. The Balaban J connectivity index is 2.00. The summed E-state index contributed by atoms with van der Waals surface area (Å²) in [5, 5.41) is 12.0. The third-order valence-electron chi connectivity index (χ3n) is 3.40. The van der Waals surface area contributed by atoms with Crippen molar-refractivity contribution < 1.29 is 27.9 Å². The lowest BCUT2D eigenvalue weighted by Gasteiger charge is -2.18. The molecule has 0 spiro atoms. The fourth-order valence-corrected chi connectivity index (χ4v) is 3.62. The first-order valence-corrected chi connectivity index (χ1v) is 8.80. The largest absolute Gasteiger partial charge is 0.481 e. The van der Waals surface area contributed by atoms with Crippen molar-refractivity contribution in [3.8, 4) is 0 Å². The quantitative estimate of drug-likeness (QED) is 0.758. The summed E-state index contributed by atoms with van der Waals surface area (Å²) in [6, 6.07) is -0.809. The zero-order valence-electron chi connectivity index (χ0n) is 12.5. The maximum Gasteiger partial charge on any atom is 0.394 e. The van der Waals surface area contributed by atoms with E-state index in [0.717, 1.165) is 28.6 Å². The molecule has 2 amide bonds. The van der Waals surface area contributed by atoms with Crippen LogP contribution >= 0.6 is 23.3 Å². The van der Waals surface area contributed by atoms with E-state index in [-0.39, 0.29) is 5.13 Å². The maximum atomic E-state index is 12.9. The van der Waals surface area contributed by atoms with Crippen LogP contribution in [0.4, 0.5) is 23.1 Å². The second kappa shape index (κ2) is 7.55. The SMILES string of the molecule is CCCSc1nsc(NC(=O)N2C[C@@H](C(F)(F)F)[C@H](C(=O)O)C2)n1. The van der Waals surface area contributed by atoms with E-state index in [2.05, 4.69) is 14.7 Å². The average Bonchev–Trinajstić information content (AvgIpc) is 3.11. The van der Waals surface area contributed by atoms with Gasteiger partial charge in [0.05, 0.1) is 11.8 Å². The summed E-state index contributed by atoms with van der Waals surface area (Å²) in [6.07, 6.45) is -3.75. The van der Waals surface area contributed by atoms with Gasteiger partial charge in [-0.25, -0.2) is 4.79 Å². The van der Waals surface area contributed by atoms with Crippen molar-refractivity contribution in [2.45, 2.75) is 24.7 Å². The average molecular weight is 384 g/mol. The molecule has 134 valence electrons. The molecule has 2 rings (SSSR count). The zero-order valence-corrected chi connectivity index (χ0v) is 14.2. The fourth-order valence-electron chi connectivity index (χ4n) is 2.23. The molecule has 0 bridgehead atoms. The number of carboxylic acid groups (broad SMARTS) is 1. The Morgan fingerprint density at radius 1 is 1.46 bits per heavy atom. The first kappa shape index (κ1) is 18.8. The number of amides is 2. The van der Waals surface area contributed by atoms with E-state index in [9.17, 15) is 22.8 Å². The molecule has 1 aromatic rings. The molecule has 1 aliphatic rings. The summed E-state index contributed by atoms with van der Waals surface area (Å²) in [6.45, 7) is 0.801. The van der Waals surface area contributed by atoms with Gasteiger partial charge in [-0.15, -0.1) is 0 Å². The van der Waals surface area contributed by atoms with Crippen LogP contribution in [0.15, 0.2) is 5.16 Å². The molecular formula is C12H15F3N4O3S2. The monoisotopic (exact) mass is 384 g/mol. The number of hydrogen-bond acceptors (Lipinski definition) is 6. The van der Waals surface area contributed by atoms with Crippen molar-refractivity contribution in [2.24, 2.45) is 11.8 Å². The Bertz CT molecular complexity index is 611. The van der Waals surface area contributed by atoms with Gasteiger partial charge in [0.2, 0.25) is 10.3 Å². The Morgan fingerprint density at radius 3 is 2.71 bits per heavy atom. The molecule has 12 heteroatoms. The van der Waals surface area contributed by atoms with E-state index in [1.54, 1.807) is 0 Å². The summed E-state index contributed by atoms with van der Waals surface area (Å²) >= 11 is 2.33. The van der Waals surface area contributed by atoms with Gasteiger partial charge in [0.1, 0.15) is 0 Å². The standard InChI is InChI=1S/C12H15F3N4O3S2/c1-2-3-23-10-16-9(24-18-10)17-11(22)19-4-6(8(20)21)7(5-19)12(13,14)15/h6-7H,2-5H2,1H3,(H,20,21)(H,16,17,18,22)/t6-,7-/m1/s1. The van der Waals surface area contributed by atoms with Crippen molar-refractivity contribution in [3.63, 3.8) is 0 Å². The highest BCUT2D eigenvalue weighted by molar-refractivity contribution is 7.99. The van der Waals surface area contributed by atoms with E-state index < -0.39 is 43.1 Å². The molecule has 2 N–H and O–H groups in total. The highest BCUT2D eigenvalue weighted by Gasteiger charge is 2.53. The zero-order chi connectivity index (χ0) is 17.9. The third kappa shape index (κ3) is 4.50. The lowest BCUT2D eigenvalue weighted by atomic mass is 9.96. The van der Waals surface area contributed by atoms with Crippen LogP contribution in [0.5, 0.6) is 0 Å². The van der Waals surface area contributed by atoms with Crippen LogP contribution in [0.2, 0.25) is 0 Å². The predicted molar refractivity (Wildman–Crippen MR) is 82.2 cm³/mol. The molecular weight excluding hydrogens is 369 g/mol. The normalized spacial score (nSPS) is 21.1. The molecule has 0 unspecified atom stereocenters. The first-order chi connectivity index (χ1) is 11.2. The van der Waals surface area contributed by atoms with Crippen LogP contribution in [0, 0.1) is 11.8 Å². The van der Waals surface area contributed by atoms with Crippen LogP contribution in [-0.2, 0) is 4.79 Å². The molecule has 0 aromatic carbocycles. The number of likely N-dealkylation sites (tertiary alicyclic amines) is 1. The van der Waals surface area contributed by atoms with Crippen molar-refractivity contribution in [2.75, 3.05) is 24.2 Å². The predicted octanol–water partition coefficient (Wildman–Crippen LogP) is 2.77. The van der Waals surface area contributed by atoms with Gasteiger partial charge < -0.3 is 10.0 Å². The minimum Gasteiger partial charge on any atom is -0.481 e. The number of rotatable bonds is 5. The van der Waals surface area contributed by atoms with Gasteiger partial charge in [0.15, 0.2) is 0 Å². The number of aliphatic carboxylic acids is 1. The number of alkyl halides is 3. The number of halogens is 3. The van der Waals surface area contributed by atoms with Gasteiger partial charge in [-0.05, 0) is 6.42 Å². The minimum atomic E-state index is -4.68. The molecule has 1 aliphatic heterocycles. The van der Waals surface area contributed by atoms with Crippen molar-refractivity contribution in [1.29, 1.82) is 0 Å². The number of nitrogens with one attached hydrogen (secondary N) is 1. The summed E-state index contributed by atoms with van der Waals surface area (Å²) in [5.41, 5.74) is 0. The number of carboxylic acids is 1. The summed E-state index contributed by atoms with van der Waals surface area (Å²) in [4.78, 5) is 28.0. The lowest BCUT2D eigenvalue weighted by molar-refractivity contribution is -0.187. The Morgan fingerprint density at radius 2 is 2.17 bits per heavy atom. The van der Waals surface area contributed by atoms with Crippen molar-refractivity contribution >= 4 is 40.4 Å². The van der Waals surface area contributed by atoms with Crippen LogP contribution in [0.25, 0.3) is 0 Å². The smallest absolute Gasteiger partial charge is 0.394 e. The Hall–Kier alpha value is -1.56. The third-order valence-corrected chi connectivity index (χ3v) is 5.20. The van der Waals surface area contributed by atoms with Crippen LogP contribution in [-0.4, -0.2) is 56.4 Å². The van der Waals surface area contributed by atoms with Gasteiger partial charge in [-0.1, -0.05) is 18.7 Å². The van der Waals surface area contributed by atoms with Gasteiger partial charge >= 0.3 is 18.2 Å². The number of aromatic nitrogens is 2. The topological polar surface area (TPSA) is 95.4 Å². The second-order valence-electron chi connectivity index (χ2n) is 5.16. The first-order valence-electron chi connectivity index (χ1n) is 7.04. The molecule has 1 aromatic heterocycles. The van der Waals surface area contributed by atoms with E-state index in [4.69, 9.17) is 5.11 Å². The minimum absolute atomic E-state index is 0.168. The lowest BCUT2D eigenvalue weighted by Crippen LogP contribution is -2.35. The number of thioether (sulfide) groups is 1. The maximum absolute atomic E-state index is 12.9. The Labute approximate surface area is 143 Å². The van der Waals surface area contributed by atoms with Crippen molar-refractivity contribution in [3.05, 3.63) is 0 Å². The summed E-state index contributed by atoms with van der Waals surface area (Å²) in [7, 11) is 0. The molecule has 0 aliphatic carbocycles. The van der Waals surface area contributed by atoms with E-state index in [1.165, 1.54) is 11.8 Å². The number of carbonyl (C=O) groups is 2. The molecule has 7 nitrogen and oxygen atoms in total. The van der Waals surface area contributed by atoms with Gasteiger partial charge in [0.25, 0.3) is 0 Å². The molecule has 2 heterocycles. The van der Waals surface area contributed by atoms with Gasteiger partial charge in [0, 0.05) is 30.4 Å². The van der Waals surface area contributed by atoms with E-state index in [1.807, 2.05) is 6.92 Å². The summed E-state index contributed by atoms with van der Waals surface area (Å²) in [5.74, 6) is -4.50. The highest BCUT2D eigenvalue weighted by Crippen LogP contribution is 2.38. The van der Waals surface area contributed by atoms with E-state index >= 15 is 0 Å². The van der Waals surface area contributed by atoms with Crippen LogP contribution in [0.3, 0.4) is 0 Å². The number of carbonyl (C=O) groups excluding carboxylic acids is 1. The van der Waals surface area contributed by atoms with E-state index in [0.29, 0.717) is 5.16 Å². The van der Waals surface area contributed by atoms with Gasteiger partial charge in [-0.2, -0.15) is 22.5 Å². The molecule has 1 saturated heterocycles. The van der Waals surface area contributed by atoms with Gasteiger partial charge in [-0.3, -0.25) is 10.1 Å². The number of nitrogens with zero attached hydrogens (tertiary/aromatic N) is 3. The van der Waals surface area contributed by atoms with Crippen molar-refractivity contribution in [1.82, 2.24) is 14.3 Å². The number of urea groups is 1. The second-order valence-corrected chi connectivity index (χ2v) is 6.97. The molecule has 24 heavy (non-hydrogen) atoms. The molecule has 1 fully saturated rings.